The second-order valence-electron chi connectivity index (χ2n) is 7.20. The lowest BCUT2D eigenvalue weighted by Gasteiger charge is -2.24. The van der Waals surface area contributed by atoms with Crippen LogP contribution >= 0.6 is 0 Å². The molecule has 1 aliphatic rings. The zero-order chi connectivity index (χ0) is 16.9. The summed E-state index contributed by atoms with van der Waals surface area (Å²) in [5.41, 5.74) is 0.756. The van der Waals surface area contributed by atoms with Gasteiger partial charge in [-0.25, -0.2) is 4.79 Å². The van der Waals surface area contributed by atoms with Gasteiger partial charge in [0.25, 0.3) is 0 Å². The molecule has 0 spiro atoms. The maximum absolute atomic E-state index is 12.0. The predicted molar refractivity (Wildman–Crippen MR) is 90.1 cm³/mol. The first-order valence-electron chi connectivity index (χ1n) is 8.24. The number of benzene rings is 1. The fourth-order valence-corrected chi connectivity index (χ4v) is 3.01. The average Bonchev–Trinajstić information content (AvgIpc) is 2.80. The van der Waals surface area contributed by atoms with Crippen molar-refractivity contribution in [3.05, 3.63) is 35.9 Å². The summed E-state index contributed by atoms with van der Waals surface area (Å²) in [6.45, 7) is 8.21. The molecule has 0 aliphatic carbocycles. The molecular formula is C18H28N2O3. The molecule has 1 amide bonds. The Morgan fingerprint density at radius 2 is 2.00 bits per heavy atom. The maximum Gasteiger partial charge on any atom is 0.407 e. The number of hydrogen-bond donors (Lipinski definition) is 2. The number of nitrogens with zero attached hydrogens (tertiary/aromatic N) is 1. The number of ether oxygens (including phenoxy) is 1. The van der Waals surface area contributed by atoms with Crippen molar-refractivity contribution in [3.8, 4) is 0 Å². The van der Waals surface area contributed by atoms with Crippen LogP contribution in [0.15, 0.2) is 30.3 Å². The summed E-state index contributed by atoms with van der Waals surface area (Å²) >= 11 is 0. The molecule has 1 aromatic carbocycles. The molecule has 2 atom stereocenters. The van der Waals surface area contributed by atoms with Gasteiger partial charge in [-0.2, -0.15) is 0 Å². The van der Waals surface area contributed by atoms with Gasteiger partial charge in [-0.05, 0) is 38.7 Å². The third kappa shape index (κ3) is 5.84. The number of likely N-dealkylation sites (tertiary alicyclic amines) is 1. The second-order valence-corrected chi connectivity index (χ2v) is 7.20. The summed E-state index contributed by atoms with van der Waals surface area (Å²) in [5, 5.41) is 12.3. The molecular weight excluding hydrogens is 292 g/mol. The van der Waals surface area contributed by atoms with Gasteiger partial charge in [-0.1, -0.05) is 30.3 Å². The fourth-order valence-electron chi connectivity index (χ4n) is 3.01. The van der Waals surface area contributed by atoms with Crippen LogP contribution in [0.25, 0.3) is 0 Å². The summed E-state index contributed by atoms with van der Waals surface area (Å²) in [7, 11) is 0. The molecule has 1 saturated heterocycles. The Kier molecular flexibility index (Phi) is 6.02. The van der Waals surface area contributed by atoms with Gasteiger partial charge in [0, 0.05) is 32.3 Å². The minimum atomic E-state index is -0.501. The molecule has 5 nitrogen and oxygen atoms in total. The second kappa shape index (κ2) is 7.79. The Hall–Kier alpha value is -1.59. The van der Waals surface area contributed by atoms with E-state index in [0.717, 1.165) is 19.6 Å². The molecule has 5 heteroatoms. The monoisotopic (exact) mass is 320 g/mol. The SMILES string of the molecule is CC(C)(C)OC(=O)N[C@@H]1CN(Cc2ccccc2)C[C@H]1CCO. The van der Waals surface area contributed by atoms with E-state index in [2.05, 4.69) is 22.3 Å². The summed E-state index contributed by atoms with van der Waals surface area (Å²) in [6, 6.07) is 10.3. The Labute approximate surface area is 138 Å². The zero-order valence-electron chi connectivity index (χ0n) is 14.3. The number of amides is 1. The van der Waals surface area contributed by atoms with Crippen LogP contribution in [-0.2, 0) is 11.3 Å². The number of alkyl carbamates (subject to hydrolysis) is 1. The minimum absolute atomic E-state index is 0.0145. The first-order chi connectivity index (χ1) is 10.9. The highest BCUT2D eigenvalue weighted by Gasteiger charge is 2.34. The standard InChI is InChI=1S/C18H28N2O3/c1-18(2,3)23-17(22)19-16-13-20(12-15(16)9-10-21)11-14-7-5-4-6-8-14/h4-8,15-16,21H,9-13H2,1-3H3,(H,19,22)/t15-,16-/m1/s1. The Morgan fingerprint density at radius 1 is 1.30 bits per heavy atom. The number of rotatable bonds is 5. The van der Waals surface area contributed by atoms with E-state index >= 15 is 0 Å². The molecule has 0 bridgehead atoms. The molecule has 2 rings (SSSR count). The van der Waals surface area contributed by atoms with E-state index < -0.39 is 5.60 Å². The zero-order valence-corrected chi connectivity index (χ0v) is 14.3. The summed E-state index contributed by atoms with van der Waals surface area (Å²) in [6.07, 6.45) is 0.304. The topological polar surface area (TPSA) is 61.8 Å². The first-order valence-corrected chi connectivity index (χ1v) is 8.24. The van der Waals surface area contributed by atoms with Gasteiger partial charge in [0.05, 0.1) is 0 Å². The minimum Gasteiger partial charge on any atom is -0.444 e. The van der Waals surface area contributed by atoms with E-state index in [9.17, 15) is 9.90 Å². The number of aliphatic hydroxyl groups excluding tert-OH is 1. The smallest absolute Gasteiger partial charge is 0.407 e. The quantitative estimate of drug-likeness (QED) is 0.874. The molecule has 1 fully saturated rings. The van der Waals surface area contributed by atoms with Crippen LogP contribution in [0.3, 0.4) is 0 Å². The van der Waals surface area contributed by atoms with Gasteiger partial charge < -0.3 is 15.2 Å². The molecule has 128 valence electrons. The number of carbonyl (C=O) groups excluding carboxylic acids is 1. The van der Waals surface area contributed by atoms with E-state index in [4.69, 9.17) is 4.74 Å². The van der Waals surface area contributed by atoms with Crippen molar-refractivity contribution in [1.82, 2.24) is 10.2 Å². The molecule has 1 aliphatic heterocycles. The third-order valence-corrected chi connectivity index (χ3v) is 3.97. The Bertz CT molecular complexity index is 499. The summed E-state index contributed by atoms with van der Waals surface area (Å²) in [5.74, 6) is 0.247. The van der Waals surface area contributed by atoms with Crippen LogP contribution in [-0.4, -0.2) is 47.4 Å². The number of aliphatic hydroxyl groups is 1. The van der Waals surface area contributed by atoms with Crippen molar-refractivity contribution in [2.45, 2.75) is 45.4 Å². The Balaban J connectivity index is 1.93. The third-order valence-electron chi connectivity index (χ3n) is 3.97. The van der Waals surface area contributed by atoms with Crippen molar-refractivity contribution >= 4 is 6.09 Å². The highest BCUT2D eigenvalue weighted by Crippen LogP contribution is 2.22. The molecule has 1 aromatic rings. The highest BCUT2D eigenvalue weighted by atomic mass is 16.6. The molecule has 23 heavy (non-hydrogen) atoms. The average molecular weight is 320 g/mol. The molecule has 0 aromatic heterocycles. The van der Waals surface area contributed by atoms with Gasteiger partial charge >= 0.3 is 6.09 Å². The van der Waals surface area contributed by atoms with Crippen LogP contribution in [0.4, 0.5) is 4.79 Å². The van der Waals surface area contributed by atoms with Crippen LogP contribution in [0.5, 0.6) is 0 Å². The molecule has 0 radical (unpaired) electrons. The van der Waals surface area contributed by atoms with Gasteiger partial charge in [0.2, 0.25) is 0 Å². The molecule has 2 N–H and O–H groups in total. The van der Waals surface area contributed by atoms with Gasteiger partial charge in [0.15, 0.2) is 0 Å². The largest absolute Gasteiger partial charge is 0.444 e. The molecule has 0 unspecified atom stereocenters. The van der Waals surface area contributed by atoms with E-state index in [0.29, 0.717) is 6.42 Å². The van der Waals surface area contributed by atoms with Crippen molar-refractivity contribution in [1.29, 1.82) is 0 Å². The molecule has 0 saturated carbocycles. The van der Waals surface area contributed by atoms with Crippen molar-refractivity contribution in [2.24, 2.45) is 5.92 Å². The molecule has 1 heterocycles. The van der Waals surface area contributed by atoms with Crippen molar-refractivity contribution in [2.75, 3.05) is 19.7 Å². The van der Waals surface area contributed by atoms with Crippen molar-refractivity contribution < 1.29 is 14.6 Å². The van der Waals surface area contributed by atoms with Gasteiger partial charge in [-0.15, -0.1) is 0 Å². The highest BCUT2D eigenvalue weighted by molar-refractivity contribution is 5.68. The summed E-state index contributed by atoms with van der Waals surface area (Å²) in [4.78, 5) is 14.3. The van der Waals surface area contributed by atoms with Gasteiger partial charge in [-0.3, -0.25) is 4.90 Å². The van der Waals surface area contributed by atoms with Gasteiger partial charge in [0.1, 0.15) is 5.60 Å². The number of carbonyl (C=O) groups is 1. The van der Waals surface area contributed by atoms with E-state index in [1.807, 2.05) is 39.0 Å². The van der Waals surface area contributed by atoms with Crippen LogP contribution in [0.2, 0.25) is 0 Å². The Morgan fingerprint density at radius 3 is 2.61 bits per heavy atom. The fraction of sp³-hybridized carbons (Fsp3) is 0.611. The predicted octanol–water partition coefficient (Wildman–Crippen LogP) is 2.39. The number of nitrogens with one attached hydrogen (secondary N) is 1. The lowest BCUT2D eigenvalue weighted by Crippen LogP contribution is -2.43. The van der Waals surface area contributed by atoms with E-state index in [1.165, 1.54) is 5.56 Å². The maximum atomic E-state index is 12.0. The lowest BCUT2D eigenvalue weighted by atomic mass is 10.0. The van der Waals surface area contributed by atoms with E-state index in [1.54, 1.807) is 0 Å². The van der Waals surface area contributed by atoms with E-state index in [-0.39, 0.29) is 24.7 Å². The van der Waals surface area contributed by atoms with Crippen LogP contribution in [0.1, 0.15) is 32.8 Å². The first kappa shape index (κ1) is 17.8. The normalized spacial score (nSPS) is 22.1. The van der Waals surface area contributed by atoms with Crippen LogP contribution < -0.4 is 5.32 Å². The van der Waals surface area contributed by atoms with Crippen molar-refractivity contribution in [3.63, 3.8) is 0 Å². The summed E-state index contributed by atoms with van der Waals surface area (Å²) < 4.78 is 5.35. The lowest BCUT2D eigenvalue weighted by molar-refractivity contribution is 0.0492. The number of hydrogen-bond acceptors (Lipinski definition) is 4. The van der Waals surface area contributed by atoms with Crippen LogP contribution in [0, 0.1) is 5.92 Å².